The molecule has 0 radical (unpaired) electrons. The number of nitrogens with one attached hydrogen (secondary N) is 1. The van der Waals surface area contributed by atoms with Crippen molar-refractivity contribution in [1.29, 1.82) is 0 Å². The van der Waals surface area contributed by atoms with Gasteiger partial charge in [0.1, 0.15) is 0 Å². The predicted octanol–water partition coefficient (Wildman–Crippen LogP) is 0.377. The van der Waals surface area contributed by atoms with Crippen molar-refractivity contribution >= 4 is 16.0 Å². The summed E-state index contributed by atoms with van der Waals surface area (Å²) in [5, 5.41) is 9.51. The van der Waals surface area contributed by atoms with Crippen LogP contribution in [-0.4, -0.2) is 39.0 Å². The number of benzene rings is 1. The third kappa shape index (κ3) is 4.59. The van der Waals surface area contributed by atoms with Gasteiger partial charge in [-0.3, -0.25) is 4.79 Å². The zero-order valence-corrected chi connectivity index (χ0v) is 12.3. The van der Waals surface area contributed by atoms with E-state index in [1.807, 2.05) is 0 Å². The van der Waals surface area contributed by atoms with Crippen LogP contribution in [0.25, 0.3) is 0 Å². The summed E-state index contributed by atoms with van der Waals surface area (Å²) in [6.07, 6.45) is -0.234. The second-order valence-electron chi connectivity index (χ2n) is 4.60. The summed E-state index contributed by atoms with van der Waals surface area (Å²) in [7, 11) is -2.52. The monoisotopic (exact) mass is 301 g/mol. The van der Waals surface area contributed by atoms with Crippen LogP contribution in [0.5, 0.6) is 0 Å². The highest BCUT2D eigenvalue weighted by atomic mass is 32.2. The Labute approximate surface area is 118 Å². The first-order chi connectivity index (χ1) is 9.33. The summed E-state index contributed by atoms with van der Waals surface area (Å²) in [5.41, 5.74) is -0.486. The first-order valence-corrected chi connectivity index (χ1v) is 7.73. The van der Waals surface area contributed by atoms with Gasteiger partial charge in [-0.1, -0.05) is 30.3 Å². The third-order valence-corrected chi connectivity index (χ3v) is 4.41. The molecule has 7 heteroatoms. The van der Waals surface area contributed by atoms with Gasteiger partial charge >= 0.3 is 5.97 Å². The van der Waals surface area contributed by atoms with Crippen LogP contribution >= 0.6 is 0 Å². The van der Waals surface area contributed by atoms with E-state index in [9.17, 15) is 18.3 Å². The fourth-order valence-electron chi connectivity index (χ4n) is 1.70. The minimum absolute atomic E-state index is 0.234. The summed E-state index contributed by atoms with van der Waals surface area (Å²) in [6, 6.07) is 8.75. The first kappa shape index (κ1) is 16.6. The molecule has 1 aromatic rings. The van der Waals surface area contributed by atoms with Crippen LogP contribution in [0.15, 0.2) is 30.3 Å². The number of carbonyl (C=O) groups is 1. The van der Waals surface area contributed by atoms with Crippen molar-refractivity contribution in [2.24, 2.45) is 0 Å². The number of aliphatic hydroxyl groups is 1. The van der Waals surface area contributed by atoms with Crippen LogP contribution in [0, 0.1) is 0 Å². The van der Waals surface area contributed by atoms with Gasteiger partial charge in [-0.2, -0.15) is 0 Å². The van der Waals surface area contributed by atoms with Crippen molar-refractivity contribution in [3.8, 4) is 0 Å². The summed E-state index contributed by atoms with van der Waals surface area (Å²) >= 11 is 0. The van der Waals surface area contributed by atoms with Crippen molar-refractivity contribution in [2.75, 3.05) is 19.5 Å². The average molecular weight is 301 g/mol. The van der Waals surface area contributed by atoms with Crippen molar-refractivity contribution < 1.29 is 23.1 Å². The average Bonchev–Trinajstić information content (AvgIpc) is 2.45. The van der Waals surface area contributed by atoms with Gasteiger partial charge in [0, 0.05) is 0 Å². The second kappa shape index (κ2) is 6.83. The lowest BCUT2D eigenvalue weighted by Crippen LogP contribution is -2.47. The largest absolute Gasteiger partial charge is 0.469 e. The molecule has 6 nitrogen and oxygen atoms in total. The Hall–Kier alpha value is -1.44. The van der Waals surface area contributed by atoms with Gasteiger partial charge in [0.2, 0.25) is 10.0 Å². The first-order valence-electron chi connectivity index (χ1n) is 6.08. The highest BCUT2D eigenvalue weighted by Gasteiger charge is 2.31. The van der Waals surface area contributed by atoms with E-state index in [2.05, 4.69) is 9.46 Å². The standard InChI is InChI=1S/C13H19NO5S/c1-13(10-15,11-6-4-3-5-7-11)14-20(17,18)9-8-12(16)19-2/h3-7,14-15H,8-10H2,1-2H3. The molecule has 2 N–H and O–H groups in total. The van der Waals surface area contributed by atoms with Crippen molar-refractivity contribution in [2.45, 2.75) is 18.9 Å². The smallest absolute Gasteiger partial charge is 0.306 e. The molecule has 1 aromatic carbocycles. The summed E-state index contributed by atoms with van der Waals surface area (Å²) in [4.78, 5) is 11.0. The molecule has 0 aliphatic heterocycles. The lowest BCUT2D eigenvalue weighted by molar-refractivity contribution is -0.140. The van der Waals surface area contributed by atoms with Gasteiger partial charge < -0.3 is 9.84 Å². The van der Waals surface area contributed by atoms with Crippen LogP contribution < -0.4 is 4.72 Å². The Morgan fingerprint density at radius 1 is 1.35 bits per heavy atom. The number of methoxy groups -OCH3 is 1. The molecule has 0 saturated carbocycles. The number of rotatable bonds is 7. The van der Waals surface area contributed by atoms with Crippen molar-refractivity contribution in [3.63, 3.8) is 0 Å². The number of sulfonamides is 1. The Morgan fingerprint density at radius 2 is 1.95 bits per heavy atom. The highest BCUT2D eigenvalue weighted by Crippen LogP contribution is 2.21. The zero-order chi connectivity index (χ0) is 15.2. The Balaban J connectivity index is 2.85. The molecular weight excluding hydrogens is 282 g/mol. The maximum atomic E-state index is 12.0. The third-order valence-electron chi connectivity index (χ3n) is 2.91. The van der Waals surface area contributed by atoms with Gasteiger partial charge in [-0.15, -0.1) is 0 Å². The SMILES string of the molecule is COC(=O)CCS(=O)(=O)NC(C)(CO)c1ccccc1. The Kier molecular flexibility index (Phi) is 5.67. The minimum atomic E-state index is -3.72. The number of aliphatic hydroxyl groups excluding tert-OH is 1. The van der Waals surface area contributed by atoms with Crippen LogP contribution in [0.4, 0.5) is 0 Å². The molecule has 0 heterocycles. The van der Waals surface area contributed by atoms with E-state index in [4.69, 9.17) is 0 Å². The van der Waals surface area contributed by atoms with E-state index in [1.165, 1.54) is 7.11 Å². The van der Waals surface area contributed by atoms with Gasteiger partial charge in [0.25, 0.3) is 0 Å². The van der Waals surface area contributed by atoms with Crippen LogP contribution in [0.1, 0.15) is 18.9 Å². The van der Waals surface area contributed by atoms with Gasteiger partial charge in [0.15, 0.2) is 0 Å². The normalized spacial score (nSPS) is 14.6. The maximum Gasteiger partial charge on any atom is 0.306 e. The molecule has 0 aromatic heterocycles. The van der Waals surface area contributed by atoms with Crippen LogP contribution in [-0.2, 0) is 25.1 Å². The predicted molar refractivity (Wildman–Crippen MR) is 74.4 cm³/mol. The van der Waals surface area contributed by atoms with Gasteiger partial charge in [0.05, 0.1) is 31.4 Å². The highest BCUT2D eigenvalue weighted by molar-refractivity contribution is 7.89. The maximum absolute atomic E-state index is 12.0. The minimum Gasteiger partial charge on any atom is -0.469 e. The van der Waals surface area contributed by atoms with E-state index in [1.54, 1.807) is 37.3 Å². The molecule has 0 aliphatic rings. The molecule has 112 valence electrons. The molecular formula is C13H19NO5S. The number of esters is 1. The van der Waals surface area contributed by atoms with Gasteiger partial charge in [-0.25, -0.2) is 13.1 Å². The molecule has 0 fully saturated rings. The molecule has 0 spiro atoms. The van der Waals surface area contributed by atoms with Crippen molar-refractivity contribution in [3.05, 3.63) is 35.9 Å². The molecule has 20 heavy (non-hydrogen) atoms. The number of carbonyl (C=O) groups excluding carboxylic acids is 1. The quantitative estimate of drug-likeness (QED) is 0.710. The zero-order valence-electron chi connectivity index (χ0n) is 11.5. The van der Waals surface area contributed by atoms with Crippen LogP contribution in [0.2, 0.25) is 0 Å². The Morgan fingerprint density at radius 3 is 2.45 bits per heavy atom. The summed E-state index contributed by atoms with van der Waals surface area (Å²) < 4.78 is 30.8. The van der Waals surface area contributed by atoms with E-state index >= 15 is 0 Å². The fourth-order valence-corrected chi connectivity index (χ4v) is 3.11. The molecule has 0 aliphatic carbocycles. The van der Waals surface area contributed by atoms with E-state index in [0.717, 1.165) is 0 Å². The molecule has 1 atom stereocenters. The lowest BCUT2D eigenvalue weighted by atomic mass is 9.94. The van der Waals surface area contributed by atoms with E-state index in [-0.39, 0.29) is 12.2 Å². The molecule has 0 bridgehead atoms. The van der Waals surface area contributed by atoms with Gasteiger partial charge in [-0.05, 0) is 12.5 Å². The second-order valence-corrected chi connectivity index (χ2v) is 6.45. The summed E-state index contributed by atoms with van der Waals surface area (Å²) in [5.74, 6) is -0.983. The van der Waals surface area contributed by atoms with Crippen LogP contribution in [0.3, 0.4) is 0 Å². The molecule has 1 unspecified atom stereocenters. The molecule has 0 saturated heterocycles. The number of ether oxygens (including phenoxy) is 1. The number of hydrogen-bond donors (Lipinski definition) is 2. The molecule has 0 amide bonds. The lowest BCUT2D eigenvalue weighted by Gasteiger charge is -2.28. The van der Waals surface area contributed by atoms with E-state index < -0.39 is 28.1 Å². The Bertz CT molecular complexity index is 543. The topological polar surface area (TPSA) is 92.7 Å². The van der Waals surface area contributed by atoms with Crippen molar-refractivity contribution in [1.82, 2.24) is 4.72 Å². The summed E-state index contributed by atoms with van der Waals surface area (Å²) in [6.45, 7) is 1.19. The van der Waals surface area contributed by atoms with E-state index in [0.29, 0.717) is 5.56 Å². The molecule has 1 rings (SSSR count). The number of hydrogen-bond acceptors (Lipinski definition) is 5. The fraction of sp³-hybridized carbons (Fsp3) is 0.462.